The van der Waals surface area contributed by atoms with Gasteiger partial charge in [0.25, 0.3) is 0 Å². The Bertz CT molecular complexity index is 1350. The number of carbonyl (C=O) groups excluding carboxylic acids is 2. The maximum Gasteiger partial charge on any atom is 0.307 e. The molecule has 0 aliphatic heterocycles. The smallest absolute Gasteiger partial charge is 0.307 e. The Morgan fingerprint density at radius 3 is 1.67 bits per heavy atom. The molecular formula is C28H22N2O6. The summed E-state index contributed by atoms with van der Waals surface area (Å²) in [5.41, 5.74) is 1.89. The summed E-state index contributed by atoms with van der Waals surface area (Å²) in [6.45, 7) is 0. The second-order valence-electron chi connectivity index (χ2n) is 8.74. The molecule has 36 heavy (non-hydrogen) atoms. The molecule has 2 bridgehead atoms. The molecular weight excluding hydrogens is 460 g/mol. The average molecular weight is 482 g/mol. The zero-order chi connectivity index (χ0) is 26.0. The SMILES string of the molecule is C#Cc1ccc(NC(=O)C2C3C=CC(C2C(=O)O)C(C(=O)O)C3C(=O)Nc2cccc(C#C)c2)cc1. The topological polar surface area (TPSA) is 133 Å². The first-order chi connectivity index (χ1) is 17.2. The molecule has 0 spiro atoms. The summed E-state index contributed by atoms with van der Waals surface area (Å²) in [6.07, 6.45) is 13.9. The van der Waals surface area contributed by atoms with Crippen LogP contribution in [0, 0.1) is 60.2 Å². The lowest BCUT2D eigenvalue weighted by Gasteiger charge is -2.49. The van der Waals surface area contributed by atoms with Crippen LogP contribution in [-0.2, 0) is 19.2 Å². The van der Waals surface area contributed by atoms with Crippen molar-refractivity contribution in [2.45, 2.75) is 0 Å². The number of carboxylic acids is 2. The number of rotatable bonds is 6. The van der Waals surface area contributed by atoms with Crippen LogP contribution in [0.25, 0.3) is 0 Å². The number of carboxylic acid groups (broad SMARTS) is 2. The fourth-order valence-corrected chi connectivity index (χ4v) is 5.24. The average Bonchev–Trinajstić information content (AvgIpc) is 2.88. The summed E-state index contributed by atoms with van der Waals surface area (Å²) in [5.74, 6) is -5.94. The van der Waals surface area contributed by atoms with Crippen molar-refractivity contribution in [1.82, 2.24) is 0 Å². The molecule has 2 aromatic carbocycles. The van der Waals surface area contributed by atoms with Gasteiger partial charge in [0.05, 0.1) is 23.7 Å². The Kier molecular flexibility index (Phi) is 6.62. The van der Waals surface area contributed by atoms with E-state index in [9.17, 15) is 29.4 Å². The van der Waals surface area contributed by atoms with Crippen LogP contribution in [0.1, 0.15) is 11.1 Å². The van der Waals surface area contributed by atoms with Gasteiger partial charge in [-0.15, -0.1) is 12.8 Å². The van der Waals surface area contributed by atoms with Crippen molar-refractivity contribution in [3.63, 3.8) is 0 Å². The Balaban J connectivity index is 1.68. The van der Waals surface area contributed by atoms with Crippen LogP contribution in [0.5, 0.6) is 0 Å². The van der Waals surface area contributed by atoms with Crippen LogP contribution in [0.15, 0.2) is 60.7 Å². The van der Waals surface area contributed by atoms with Crippen LogP contribution in [-0.4, -0.2) is 34.0 Å². The minimum atomic E-state index is -1.32. The molecule has 0 radical (unpaired) electrons. The summed E-state index contributed by atoms with van der Waals surface area (Å²) in [7, 11) is 0. The number of hydrogen-bond donors (Lipinski definition) is 4. The van der Waals surface area contributed by atoms with Gasteiger partial charge in [0.2, 0.25) is 11.8 Å². The van der Waals surface area contributed by atoms with Gasteiger partial charge in [0, 0.05) is 34.3 Å². The highest BCUT2D eigenvalue weighted by molar-refractivity contribution is 6.00. The van der Waals surface area contributed by atoms with E-state index in [2.05, 4.69) is 22.5 Å². The number of terminal acetylenes is 2. The molecule has 1 fully saturated rings. The molecule has 0 heterocycles. The lowest BCUT2D eigenvalue weighted by molar-refractivity contribution is -0.166. The molecule has 2 amide bonds. The van der Waals surface area contributed by atoms with E-state index in [4.69, 9.17) is 12.8 Å². The van der Waals surface area contributed by atoms with Gasteiger partial charge in [-0.1, -0.05) is 30.1 Å². The summed E-state index contributed by atoms with van der Waals surface area (Å²) in [5, 5.41) is 25.4. The summed E-state index contributed by atoms with van der Waals surface area (Å²) < 4.78 is 0. The van der Waals surface area contributed by atoms with Gasteiger partial charge in [-0.05, 0) is 42.5 Å². The Morgan fingerprint density at radius 1 is 0.667 bits per heavy atom. The third-order valence-electron chi connectivity index (χ3n) is 6.78. The van der Waals surface area contributed by atoms with Crippen molar-refractivity contribution >= 4 is 35.1 Å². The van der Waals surface area contributed by atoms with Gasteiger partial charge in [-0.2, -0.15) is 0 Å². The first-order valence-electron chi connectivity index (χ1n) is 11.1. The third kappa shape index (κ3) is 4.45. The maximum atomic E-state index is 13.4. The number of fused-ring (bicyclic) bond motifs is 2. The van der Waals surface area contributed by atoms with E-state index in [1.807, 2.05) is 0 Å². The molecule has 8 nitrogen and oxygen atoms in total. The van der Waals surface area contributed by atoms with Crippen molar-refractivity contribution in [2.24, 2.45) is 35.5 Å². The molecule has 4 N–H and O–H groups in total. The second-order valence-corrected chi connectivity index (χ2v) is 8.74. The van der Waals surface area contributed by atoms with Gasteiger partial charge < -0.3 is 20.8 Å². The molecule has 3 aliphatic carbocycles. The summed E-state index contributed by atoms with van der Waals surface area (Å²) in [6, 6.07) is 12.9. The van der Waals surface area contributed by atoms with Crippen LogP contribution in [0.4, 0.5) is 11.4 Å². The molecule has 6 unspecified atom stereocenters. The molecule has 3 aliphatic rings. The van der Waals surface area contributed by atoms with Crippen molar-refractivity contribution in [2.75, 3.05) is 10.6 Å². The number of anilines is 2. The minimum absolute atomic E-state index is 0.370. The fraction of sp³-hybridized carbons (Fsp3) is 0.214. The number of aliphatic carboxylic acids is 2. The van der Waals surface area contributed by atoms with Crippen LogP contribution >= 0.6 is 0 Å². The molecule has 0 aromatic heterocycles. The van der Waals surface area contributed by atoms with E-state index in [1.54, 1.807) is 54.6 Å². The number of benzene rings is 2. The van der Waals surface area contributed by atoms with Crippen molar-refractivity contribution < 1.29 is 29.4 Å². The Morgan fingerprint density at radius 2 is 1.17 bits per heavy atom. The number of hydrogen-bond acceptors (Lipinski definition) is 4. The number of carbonyl (C=O) groups is 4. The van der Waals surface area contributed by atoms with Crippen molar-refractivity contribution in [3.05, 3.63) is 71.8 Å². The third-order valence-corrected chi connectivity index (χ3v) is 6.78. The molecule has 180 valence electrons. The lowest BCUT2D eigenvalue weighted by atomic mass is 9.52. The van der Waals surface area contributed by atoms with E-state index in [-0.39, 0.29) is 0 Å². The highest BCUT2D eigenvalue weighted by atomic mass is 16.4. The van der Waals surface area contributed by atoms with E-state index in [0.29, 0.717) is 22.5 Å². The standard InChI is InChI=1S/C28H22N2O6/c1-3-15-8-10-17(11-9-15)29-25(31)21-19-12-13-20(23(21)27(33)34)24(28(35)36)22(19)26(32)30-18-7-5-6-16(4-2)14-18/h1-2,5-14,19-24H,(H,29,31)(H,30,32)(H,33,34)(H,35,36). The van der Waals surface area contributed by atoms with Crippen LogP contribution in [0.3, 0.4) is 0 Å². The predicted octanol–water partition coefficient (Wildman–Crippen LogP) is 2.68. The number of amides is 2. The van der Waals surface area contributed by atoms with Crippen LogP contribution in [0.2, 0.25) is 0 Å². The monoisotopic (exact) mass is 482 g/mol. The molecule has 2 aromatic rings. The summed E-state index contributed by atoms with van der Waals surface area (Å²) in [4.78, 5) is 51.3. The van der Waals surface area contributed by atoms with Gasteiger partial charge in [0.1, 0.15) is 0 Å². The lowest BCUT2D eigenvalue weighted by Crippen LogP contribution is -2.59. The van der Waals surface area contributed by atoms with E-state index in [1.165, 1.54) is 6.08 Å². The predicted molar refractivity (Wildman–Crippen MR) is 131 cm³/mol. The second kappa shape index (κ2) is 9.81. The largest absolute Gasteiger partial charge is 0.481 e. The Labute approximate surface area is 207 Å². The molecule has 1 saturated carbocycles. The van der Waals surface area contributed by atoms with Gasteiger partial charge in [-0.25, -0.2) is 0 Å². The first-order valence-corrected chi connectivity index (χ1v) is 11.1. The molecule has 5 rings (SSSR count). The highest BCUT2D eigenvalue weighted by Crippen LogP contribution is 2.52. The van der Waals surface area contributed by atoms with E-state index in [0.717, 1.165) is 0 Å². The number of nitrogens with one attached hydrogen (secondary N) is 2. The molecule has 8 heteroatoms. The van der Waals surface area contributed by atoms with E-state index < -0.39 is 59.3 Å². The Hall–Kier alpha value is -4.82. The van der Waals surface area contributed by atoms with Crippen molar-refractivity contribution in [1.29, 1.82) is 0 Å². The van der Waals surface area contributed by atoms with Crippen LogP contribution < -0.4 is 10.6 Å². The van der Waals surface area contributed by atoms with Gasteiger partial charge in [0.15, 0.2) is 0 Å². The van der Waals surface area contributed by atoms with E-state index >= 15 is 0 Å². The highest BCUT2D eigenvalue weighted by Gasteiger charge is 2.60. The normalized spacial score (nSPS) is 25.7. The van der Waals surface area contributed by atoms with Crippen molar-refractivity contribution in [3.8, 4) is 24.7 Å². The summed E-state index contributed by atoms with van der Waals surface area (Å²) >= 11 is 0. The van der Waals surface area contributed by atoms with Gasteiger partial charge >= 0.3 is 11.9 Å². The zero-order valence-corrected chi connectivity index (χ0v) is 18.9. The fourth-order valence-electron chi connectivity index (χ4n) is 5.24. The van der Waals surface area contributed by atoms with Gasteiger partial charge in [-0.3, -0.25) is 19.2 Å². The zero-order valence-electron chi connectivity index (χ0n) is 18.9. The minimum Gasteiger partial charge on any atom is -0.481 e. The quantitative estimate of drug-likeness (QED) is 0.370. The number of allylic oxidation sites excluding steroid dienone is 2. The maximum absolute atomic E-state index is 13.4. The molecule has 0 saturated heterocycles. The first kappa shape index (κ1) is 24.3. The molecule has 6 atom stereocenters.